The molecule has 7 nitrogen and oxygen atoms in total. The van der Waals surface area contributed by atoms with Crippen molar-refractivity contribution in [2.24, 2.45) is 16.8 Å². The van der Waals surface area contributed by atoms with Crippen molar-refractivity contribution in [2.45, 2.75) is 31.8 Å². The highest BCUT2D eigenvalue weighted by Crippen LogP contribution is 2.30. The number of hydrogen-bond donors (Lipinski definition) is 2. The Balaban J connectivity index is 1.30. The molecule has 2 unspecified atom stereocenters. The van der Waals surface area contributed by atoms with Crippen LogP contribution in [-0.4, -0.2) is 76.6 Å². The standard InChI is InChI=1S/C23H36N4O3/c1-24-23(25-14-19-4-2-3-5-22(19)30-16-18-6-7-18)26-15-21(20-8-11-29-17-20)27-9-12-28-13-10-27/h2-5,18,20-21H,6-17H2,1H3,(H2,24,25,26). The van der Waals surface area contributed by atoms with Gasteiger partial charge in [0.05, 0.1) is 26.4 Å². The maximum atomic E-state index is 6.04. The van der Waals surface area contributed by atoms with E-state index in [4.69, 9.17) is 14.2 Å². The number of hydrogen-bond acceptors (Lipinski definition) is 5. The molecule has 3 aliphatic rings. The lowest BCUT2D eigenvalue weighted by Gasteiger charge is -2.37. The van der Waals surface area contributed by atoms with Gasteiger partial charge in [-0.25, -0.2) is 0 Å². The van der Waals surface area contributed by atoms with Crippen LogP contribution in [0.4, 0.5) is 0 Å². The zero-order valence-corrected chi connectivity index (χ0v) is 18.1. The second-order valence-electron chi connectivity index (χ2n) is 8.51. The third-order valence-corrected chi connectivity index (χ3v) is 6.32. The lowest BCUT2D eigenvalue weighted by atomic mass is 9.97. The molecule has 30 heavy (non-hydrogen) atoms. The number of benzene rings is 1. The lowest BCUT2D eigenvalue weighted by molar-refractivity contribution is 0.00246. The zero-order valence-electron chi connectivity index (χ0n) is 18.1. The Labute approximate surface area is 180 Å². The molecule has 2 N–H and O–H groups in total. The third kappa shape index (κ3) is 6.09. The van der Waals surface area contributed by atoms with E-state index in [1.807, 2.05) is 13.1 Å². The predicted molar refractivity (Wildman–Crippen MR) is 118 cm³/mol. The number of rotatable bonds is 9. The number of nitrogens with one attached hydrogen (secondary N) is 2. The maximum Gasteiger partial charge on any atom is 0.191 e. The van der Waals surface area contributed by atoms with Gasteiger partial charge >= 0.3 is 0 Å². The first-order chi connectivity index (χ1) is 14.8. The fraction of sp³-hybridized carbons (Fsp3) is 0.696. The minimum absolute atomic E-state index is 0.434. The van der Waals surface area contributed by atoms with E-state index in [2.05, 4.69) is 38.7 Å². The SMILES string of the molecule is CN=C(NCc1ccccc1OCC1CC1)NCC(C1CCOC1)N1CCOCC1. The van der Waals surface area contributed by atoms with Gasteiger partial charge in [0, 0.05) is 57.4 Å². The summed E-state index contributed by atoms with van der Waals surface area (Å²) in [4.78, 5) is 6.99. The number of guanidine groups is 1. The molecule has 0 aromatic heterocycles. The van der Waals surface area contributed by atoms with Crippen molar-refractivity contribution in [1.29, 1.82) is 0 Å². The molecule has 0 spiro atoms. The normalized spacial score (nSPS) is 23.9. The van der Waals surface area contributed by atoms with Crippen LogP contribution in [0.3, 0.4) is 0 Å². The summed E-state index contributed by atoms with van der Waals surface area (Å²) in [5.74, 6) is 3.10. The highest BCUT2D eigenvalue weighted by molar-refractivity contribution is 5.79. The van der Waals surface area contributed by atoms with Crippen LogP contribution in [0, 0.1) is 11.8 Å². The zero-order chi connectivity index (χ0) is 20.6. The topological polar surface area (TPSA) is 67.4 Å². The molecule has 2 aliphatic heterocycles. The quantitative estimate of drug-likeness (QED) is 0.473. The first-order valence-electron chi connectivity index (χ1n) is 11.4. The molecule has 3 fully saturated rings. The van der Waals surface area contributed by atoms with Crippen LogP contribution in [-0.2, 0) is 16.0 Å². The van der Waals surface area contributed by atoms with Gasteiger partial charge in [0.2, 0.25) is 0 Å². The molecule has 1 aromatic carbocycles. The Hall–Kier alpha value is -1.83. The van der Waals surface area contributed by atoms with E-state index in [9.17, 15) is 0 Å². The first-order valence-corrected chi connectivity index (χ1v) is 11.4. The number of para-hydroxylation sites is 1. The monoisotopic (exact) mass is 416 g/mol. The van der Waals surface area contributed by atoms with Crippen molar-refractivity contribution >= 4 is 5.96 Å². The van der Waals surface area contributed by atoms with Crippen LogP contribution >= 0.6 is 0 Å². The van der Waals surface area contributed by atoms with Crippen LogP contribution in [0.15, 0.2) is 29.3 Å². The van der Waals surface area contributed by atoms with Gasteiger partial charge in [0.25, 0.3) is 0 Å². The van der Waals surface area contributed by atoms with Gasteiger partial charge in [0.15, 0.2) is 5.96 Å². The van der Waals surface area contributed by atoms with E-state index >= 15 is 0 Å². The minimum Gasteiger partial charge on any atom is -0.493 e. The second kappa shape index (κ2) is 11.0. The highest BCUT2D eigenvalue weighted by atomic mass is 16.5. The molecule has 4 rings (SSSR count). The summed E-state index contributed by atoms with van der Waals surface area (Å²) in [6.45, 7) is 7.69. The van der Waals surface area contributed by atoms with Gasteiger partial charge in [-0.05, 0) is 31.2 Å². The first kappa shape index (κ1) is 21.4. The number of morpholine rings is 1. The predicted octanol–water partition coefficient (Wildman–Crippen LogP) is 1.88. The van der Waals surface area contributed by atoms with Crippen molar-refractivity contribution in [2.75, 3.05) is 59.7 Å². The summed E-state index contributed by atoms with van der Waals surface area (Å²) in [6, 6.07) is 8.71. The number of aliphatic imine (C=N–C) groups is 1. The van der Waals surface area contributed by atoms with Crippen LogP contribution in [0.1, 0.15) is 24.8 Å². The van der Waals surface area contributed by atoms with Crippen molar-refractivity contribution < 1.29 is 14.2 Å². The second-order valence-corrected chi connectivity index (χ2v) is 8.51. The van der Waals surface area contributed by atoms with Crippen LogP contribution in [0.25, 0.3) is 0 Å². The van der Waals surface area contributed by atoms with Crippen LogP contribution < -0.4 is 15.4 Å². The van der Waals surface area contributed by atoms with Gasteiger partial charge in [-0.2, -0.15) is 0 Å². The molecule has 1 aliphatic carbocycles. The number of nitrogens with zero attached hydrogens (tertiary/aromatic N) is 2. The molecule has 0 radical (unpaired) electrons. The summed E-state index contributed by atoms with van der Waals surface area (Å²) in [5.41, 5.74) is 1.16. The molecular weight excluding hydrogens is 380 g/mol. The maximum absolute atomic E-state index is 6.04. The van der Waals surface area contributed by atoms with E-state index < -0.39 is 0 Å². The molecule has 2 atom stereocenters. The lowest BCUT2D eigenvalue weighted by Crippen LogP contribution is -2.53. The smallest absolute Gasteiger partial charge is 0.191 e. The van der Waals surface area contributed by atoms with Crippen molar-refractivity contribution in [1.82, 2.24) is 15.5 Å². The van der Waals surface area contributed by atoms with Gasteiger partial charge in [-0.15, -0.1) is 0 Å². The molecule has 1 aromatic rings. The van der Waals surface area contributed by atoms with Gasteiger partial charge in [-0.3, -0.25) is 9.89 Å². The summed E-state index contributed by atoms with van der Waals surface area (Å²) in [6.07, 6.45) is 3.72. The Morgan fingerprint density at radius 3 is 2.70 bits per heavy atom. The van der Waals surface area contributed by atoms with Crippen molar-refractivity contribution in [3.8, 4) is 5.75 Å². The fourth-order valence-corrected chi connectivity index (χ4v) is 4.24. The molecule has 2 saturated heterocycles. The number of ether oxygens (including phenoxy) is 3. The van der Waals surface area contributed by atoms with E-state index in [0.717, 1.165) is 82.3 Å². The Kier molecular flexibility index (Phi) is 7.83. The highest BCUT2D eigenvalue weighted by Gasteiger charge is 2.31. The van der Waals surface area contributed by atoms with Gasteiger partial charge < -0.3 is 24.8 Å². The Morgan fingerprint density at radius 1 is 1.13 bits per heavy atom. The Bertz CT molecular complexity index is 683. The summed E-state index contributed by atoms with van der Waals surface area (Å²) in [5, 5.41) is 7.02. The molecule has 0 bridgehead atoms. The minimum atomic E-state index is 0.434. The molecule has 166 valence electrons. The molecule has 1 saturated carbocycles. The van der Waals surface area contributed by atoms with E-state index in [-0.39, 0.29) is 0 Å². The van der Waals surface area contributed by atoms with Crippen molar-refractivity contribution in [3.63, 3.8) is 0 Å². The third-order valence-electron chi connectivity index (χ3n) is 6.32. The molecule has 2 heterocycles. The largest absolute Gasteiger partial charge is 0.493 e. The molecule has 0 amide bonds. The van der Waals surface area contributed by atoms with E-state index in [1.54, 1.807) is 0 Å². The Morgan fingerprint density at radius 2 is 1.97 bits per heavy atom. The molecular formula is C23H36N4O3. The summed E-state index contributed by atoms with van der Waals surface area (Å²) < 4.78 is 17.3. The summed E-state index contributed by atoms with van der Waals surface area (Å²) >= 11 is 0. The average molecular weight is 417 g/mol. The van der Waals surface area contributed by atoms with E-state index in [1.165, 1.54) is 12.8 Å². The van der Waals surface area contributed by atoms with Gasteiger partial charge in [-0.1, -0.05) is 18.2 Å². The fourth-order valence-electron chi connectivity index (χ4n) is 4.24. The average Bonchev–Trinajstić information content (AvgIpc) is 3.47. The van der Waals surface area contributed by atoms with E-state index in [0.29, 0.717) is 18.5 Å². The van der Waals surface area contributed by atoms with Crippen LogP contribution in [0.5, 0.6) is 5.75 Å². The summed E-state index contributed by atoms with van der Waals surface area (Å²) in [7, 11) is 1.83. The van der Waals surface area contributed by atoms with Crippen LogP contribution in [0.2, 0.25) is 0 Å². The van der Waals surface area contributed by atoms with Crippen molar-refractivity contribution in [3.05, 3.63) is 29.8 Å². The van der Waals surface area contributed by atoms with Gasteiger partial charge in [0.1, 0.15) is 5.75 Å². The molecule has 7 heteroatoms.